The number of amides is 1. The highest BCUT2D eigenvalue weighted by molar-refractivity contribution is 7.20. The Labute approximate surface area is 160 Å². The monoisotopic (exact) mass is 375 g/mol. The number of nitrogens with one attached hydrogen (secondary N) is 1. The summed E-state index contributed by atoms with van der Waals surface area (Å²) in [6.07, 6.45) is 0. The van der Waals surface area contributed by atoms with Gasteiger partial charge in [-0.3, -0.25) is 14.3 Å². The van der Waals surface area contributed by atoms with Crippen molar-refractivity contribution in [1.82, 2.24) is 9.78 Å². The largest absolute Gasteiger partial charge is 0.321 e. The van der Waals surface area contributed by atoms with Crippen LogP contribution >= 0.6 is 11.3 Å². The summed E-state index contributed by atoms with van der Waals surface area (Å²) in [6, 6.07) is 17.9. The van der Waals surface area contributed by atoms with Gasteiger partial charge in [-0.05, 0) is 25.1 Å². The molecule has 0 fully saturated rings. The minimum absolute atomic E-state index is 0.0738. The van der Waals surface area contributed by atoms with Gasteiger partial charge in [-0.25, -0.2) is 0 Å². The Morgan fingerprint density at radius 3 is 2.48 bits per heavy atom. The first-order chi connectivity index (χ1) is 13.0. The molecule has 0 unspecified atom stereocenters. The van der Waals surface area contributed by atoms with E-state index in [1.54, 1.807) is 41.1 Å². The molecule has 2 aromatic carbocycles. The Morgan fingerprint density at radius 1 is 1.00 bits per heavy atom. The highest BCUT2D eigenvalue weighted by atomic mass is 32.1. The number of anilines is 1. The average molecular weight is 375 g/mol. The van der Waals surface area contributed by atoms with Crippen molar-refractivity contribution >= 4 is 38.9 Å². The molecule has 0 aliphatic heterocycles. The van der Waals surface area contributed by atoms with Gasteiger partial charge in [-0.15, -0.1) is 11.3 Å². The van der Waals surface area contributed by atoms with Crippen LogP contribution in [0.15, 0.2) is 60.7 Å². The molecule has 134 valence electrons. The second kappa shape index (κ2) is 6.81. The lowest BCUT2D eigenvalue weighted by molar-refractivity contribution is 0.102. The van der Waals surface area contributed by atoms with Gasteiger partial charge in [0.25, 0.3) is 5.91 Å². The summed E-state index contributed by atoms with van der Waals surface area (Å²) < 4.78 is 1.78. The van der Waals surface area contributed by atoms with Crippen LogP contribution < -0.4 is 5.32 Å². The first-order valence-electron chi connectivity index (χ1n) is 8.47. The third-order valence-electron chi connectivity index (χ3n) is 4.34. The molecule has 0 bridgehead atoms. The van der Waals surface area contributed by atoms with Gasteiger partial charge in [-0.2, -0.15) is 5.10 Å². The molecule has 0 atom stereocenters. The number of fused-ring (bicyclic) bond motifs is 1. The number of thiophene rings is 1. The zero-order valence-electron chi connectivity index (χ0n) is 14.9. The quantitative estimate of drug-likeness (QED) is 0.537. The van der Waals surface area contributed by atoms with E-state index < -0.39 is 0 Å². The maximum atomic E-state index is 12.6. The summed E-state index contributed by atoms with van der Waals surface area (Å²) in [5, 5.41) is 8.22. The summed E-state index contributed by atoms with van der Waals surface area (Å²) in [5.41, 5.74) is 2.65. The summed E-state index contributed by atoms with van der Waals surface area (Å²) in [5.74, 6) is -0.268. The Hall–Kier alpha value is -3.25. The van der Waals surface area contributed by atoms with Crippen LogP contribution in [0.1, 0.15) is 31.3 Å². The summed E-state index contributed by atoms with van der Waals surface area (Å²) in [4.78, 5) is 26.8. The molecule has 0 saturated heterocycles. The lowest BCUT2D eigenvalue weighted by Gasteiger charge is -2.06. The maximum Gasteiger partial charge on any atom is 0.265 e. The van der Waals surface area contributed by atoms with E-state index in [0.717, 1.165) is 15.9 Å². The second-order valence-corrected chi connectivity index (χ2v) is 7.30. The van der Waals surface area contributed by atoms with E-state index in [4.69, 9.17) is 0 Å². The number of carbonyl (C=O) groups excluding carboxylic acids is 2. The second-order valence-electron chi connectivity index (χ2n) is 6.27. The number of carbonyl (C=O) groups is 2. The number of rotatable bonds is 4. The van der Waals surface area contributed by atoms with Crippen molar-refractivity contribution in [1.29, 1.82) is 0 Å². The minimum atomic E-state index is -0.195. The van der Waals surface area contributed by atoms with Crippen LogP contribution in [0, 0.1) is 6.92 Å². The van der Waals surface area contributed by atoms with Crippen LogP contribution in [0.5, 0.6) is 0 Å². The number of aromatic nitrogens is 2. The highest BCUT2D eigenvalue weighted by Crippen LogP contribution is 2.28. The van der Waals surface area contributed by atoms with Crippen molar-refractivity contribution in [3.63, 3.8) is 0 Å². The number of hydrogen-bond acceptors (Lipinski definition) is 4. The fourth-order valence-corrected chi connectivity index (χ4v) is 4.02. The summed E-state index contributed by atoms with van der Waals surface area (Å²) >= 11 is 1.40. The molecular weight excluding hydrogens is 358 g/mol. The molecule has 1 amide bonds. The minimum Gasteiger partial charge on any atom is -0.321 e. The van der Waals surface area contributed by atoms with Crippen molar-refractivity contribution in [2.45, 2.75) is 6.92 Å². The van der Waals surface area contributed by atoms with E-state index in [2.05, 4.69) is 10.4 Å². The van der Waals surface area contributed by atoms with Crippen LogP contribution in [0.3, 0.4) is 0 Å². The first-order valence-corrected chi connectivity index (χ1v) is 9.29. The van der Waals surface area contributed by atoms with Gasteiger partial charge in [0.2, 0.25) is 0 Å². The van der Waals surface area contributed by atoms with Gasteiger partial charge in [0.1, 0.15) is 4.83 Å². The molecule has 27 heavy (non-hydrogen) atoms. The zero-order valence-corrected chi connectivity index (χ0v) is 15.7. The Morgan fingerprint density at radius 2 is 1.74 bits per heavy atom. The molecule has 1 N–H and O–H groups in total. The lowest BCUT2D eigenvalue weighted by Crippen LogP contribution is -2.11. The van der Waals surface area contributed by atoms with Crippen LogP contribution in [-0.2, 0) is 7.05 Å². The standard InChI is InChI=1S/C21H17N3O2S/c1-13-17-12-18(27-21(17)24(2)23-13)20(26)22-16-10-6-9-15(11-16)19(25)14-7-4-3-5-8-14/h3-12H,1-2H3,(H,22,26). The number of nitrogens with zero attached hydrogens (tertiary/aromatic N) is 2. The zero-order chi connectivity index (χ0) is 19.0. The van der Waals surface area contributed by atoms with E-state index in [9.17, 15) is 9.59 Å². The Kier molecular flexibility index (Phi) is 4.33. The molecule has 0 spiro atoms. The van der Waals surface area contributed by atoms with Crippen molar-refractivity contribution in [2.24, 2.45) is 7.05 Å². The van der Waals surface area contributed by atoms with Gasteiger partial charge >= 0.3 is 0 Å². The van der Waals surface area contributed by atoms with E-state index in [-0.39, 0.29) is 11.7 Å². The van der Waals surface area contributed by atoms with Crippen molar-refractivity contribution in [3.8, 4) is 0 Å². The maximum absolute atomic E-state index is 12.6. The molecule has 2 heterocycles. The van der Waals surface area contributed by atoms with E-state index in [1.807, 2.05) is 38.2 Å². The van der Waals surface area contributed by atoms with Crippen molar-refractivity contribution in [2.75, 3.05) is 5.32 Å². The van der Waals surface area contributed by atoms with Gasteiger partial charge < -0.3 is 5.32 Å². The molecule has 0 aliphatic rings. The van der Waals surface area contributed by atoms with Crippen LogP contribution in [0.2, 0.25) is 0 Å². The van der Waals surface area contributed by atoms with Gasteiger partial charge in [0.15, 0.2) is 5.78 Å². The van der Waals surface area contributed by atoms with Crippen molar-refractivity contribution in [3.05, 3.63) is 82.4 Å². The smallest absolute Gasteiger partial charge is 0.265 e. The molecule has 2 aromatic heterocycles. The predicted octanol–water partition coefficient (Wildman–Crippen LogP) is 4.43. The predicted molar refractivity (Wildman–Crippen MR) is 108 cm³/mol. The van der Waals surface area contributed by atoms with Crippen LogP contribution in [0.25, 0.3) is 10.2 Å². The fraction of sp³-hybridized carbons (Fsp3) is 0.0952. The normalized spacial score (nSPS) is 10.9. The molecule has 4 rings (SSSR count). The molecular formula is C21H17N3O2S. The fourth-order valence-electron chi connectivity index (χ4n) is 3.00. The number of aryl methyl sites for hydroxylation is 2. The Balaban J connectivity index is 1.58. The molecule has 0 saturated carbocycles. The third kappa shape index (κ3) is 3.27. The Bertz CT molecular complexity index is 1120. The summed E-state index contributed by atoms with van der Waals surface area (Å²) in [7, 11) is 1.87. The van der Waals surface area contributed by atoms with Crippen molar-refractivity contribution < 1.29 is 9.59 Å². The van der Waals surface area contributed by atoms with E-state index in [1.165, 1.54) is 11.3 Å². The lowest BCUT2D eigenvalue weighted by atomic mass is 10.0. The molecule has 5 nitrogen and oxygen atoms in total. The topological polar surface area (TPSA) is 64.0 Å². The molecule has 0 radical (unpaired) electrons. The van der Waals surface area contributed by atoms with Gasteiger partial charge in [0.05, 0.1) is 10.6 Å². The number of hydrogen-bond donors (Lipinski definition) is 1. The van der Waals surface area contributed by atoms with Crippen LogP contribution in [-0.4, -0.2) is 21.5 Å². The van der Waals surface area contributed by atoms with Gasteiger partial charge in [-0.1, -0.05) is 42.5 Å². The highest BCUT2D eigenvalue weighted by Gasteiger charge is 2.16. The first kappa shape index (κ1) is 17.2. The molecule has 4 aromatic rings. The van der Waals surface area contributed by atoms with E-state index >= 15 is 0 Å². The summed E-state index contributed by atoms with van der Waals surface area (Å²) in [6.45, 7) is 1.93. The van der Waals surface area contributed by atoms with Gasteiger partial charge in [0, 0.05) is 29.2 Å². The number of ketones is 1. The third-order valence-corrected chi connectivity index (χ3v) is 5.54. The average Bonchev–Trinajstić information content (AvgIpc) is 3.24. The van der Waals surface area contributed by atoms with Crippen LogP contribution in [0.4, 0.5) is 5.69 Å². The van der Waals surface area contributed by atoms with E-state index in [0.29, 0.717) is 21.7 Å². The molecule has 0 aliphatic carbocycles. The number of benzene rings is 2. The SMILES string of the molecule is Cc1nn(C)c2sc(C(=O)Nc3cccc(C(=O)c4ccccc4)c3)cc12. The molecule has 6 heteroatoms.